The normalized spacial score (nSPS) is 38.3. The molecular weight excluding hydrogens is 1110 g/mol. The largest absolute Gasteiger partial charge is 0.493 e. The number of aliphatic hydroxyl groups is 1. The number of likely N-dealkylation sites (N-methyl/N-ethyl adjacent to an activating group) is 1. The van der Waals surface area contributed by atoms with Gasteiger partial charge in [-0.15, -0.1) is 11.8 Å². The van der Waals surface area contributed by atoms with Crippen molar-refractivity contribution in [1.29, 1.82) is 0 Å². The number of Topliss-reactive ketones (excluding diaryl/α,β-unsaturated/α-hetero) is 1. The smallest absolute Gasteiger partial charge is 0.320 e. The van der Waals surface area contributed by atoms with Gasteiger partial charge in [0.25, 0.3) is 0 Å². The van der Waals surface area contributed by atoms with E-state index in [1.54, 1.807) is 68.3 Å². The maximum atomic E-state index is 15.5. The van der Waals surface area contributed by atoms with Crippen molar-refractivity contribution in [2.24, 2.45) is 29.6 Å². The van der Waals surface area contributed by atoms with E-state index in [1.807, 2.05) is 71.8 Å². The first-order valence-corrected chi connectivity index (χ1v) is 30.6. The molecule has 7 rings (SSSR count). The quantitative estimate of drug-likeness (QED) is 0.139. The number of ether oxygens (including phenoxy) is 11. The minimum atomic E-state index is -1.46. The van der Waals surface area contributed by atoms with Crippen molar-refractivity contribution in [3.8, 4) is 11.5 Å². The van der Waals surface area contributed by atoms with Gasteiger partial charge in [-0.2, -0.15) is 0 Å². The van der Waals surface area contributed by atoms with Crippen LogP contribution in [0.1, 0.15) is 120 Å². The minimum absolute atomic E-state index is 0.0716. The molecule has 4 saturated heterocycles. The van der Waals surface area contributed by atoms with Crippen LogP contribution < -0.4 is 14.4 Å². The molecule has 5 aliphatic rings. The Balaban J connectivity index is 1.26. The van der Waals surface area contributed by atoms with Crippen molar-refractivity contribution in [2.45, 2.75) is 210 Å². The Labute approximate surface area is 494 Å². The number of carbonyl (C=O) groups is 3. The number of benzene rings is 1. The number of hydrogen-bond acceptors (Lipinski definition) is 19. The van der Waals surface area contributed by atoms with Gasteiger partial charge in [0.2, 0.25) is 0 Å². The second-order valence-corrected chi connectivity index (χ2v) is 26.3. The van der Waals surface area contributed by atoms with Gasteiger partial charge in [-0.05, 0) is 107 Å². The third-order valence-electron chi connectivity index (χ3n) is 18.4. The van der Waals surface area contributed by atoms with E-state index in [9.17, 15) is 9.90 Å². The molecule has 81 heavy (non-hydrogen) atoms. The summed E-state index contributed by atoms with van der Waals surface area (Å²) in [6, 6.07) is 5.43. The molecule has 1 saturated carbocycles. The molecule has 1 aliphatic carbocycles. The molecule has 0 bridgehead atoms. The summed E-state index contributed by atoms with van der Waals surface area (Å²) >= 11 is 14.9. The minimum Gasteiger partial charge on any atom is -0.493 e. The Bertz CT molecular complexity index is 2440. The third kappa shape index (κ3) is 14.3. The van der Waals surface area contributed by atoms with Crippen LogP contribution >= 0.6 is 35.0 Å². The van der Waals surface area contributed by atoms with Gasteiger partial charge in [-0.25, -0.2) is 0 Å². The third-order valence-corrected chi connectivity index (χ3v) is 20.3. The van der Waals surface area contributed by atoms with Gasteiger partial charge in [0.05, 0.1) is 76.9 Å². The molecule has 0 spiro atoms. The highest BCUT2D eigenvalue weighted by molar-refractivity contribution is 8.00. The number of nitrogens with zero attached hydrogens (tertiary/aromatic N) is 3. The molecule has 21 heteroatoms. The van der Waals surface area contributed by atoms with Crippen molar-refractivity contribution < 1.29 is 71.6 Å². The monoisotopic (exact) mass is 1200 g/mol. The first-order valence-electron chi connectivity index (χ1n) is 28.8. The summed E-state index contributed by atoms with van der Waals surface area (Å²) in [5.74, 6) is -3.60. The molecule has 19 atom stereocenters. The molecule has 0 radical (unpaired) electrons. The van der Waals surface area contributed by atoms with Crippen LogP contribution in [-0.2, 0) is 63.6 Å². The number of methoxy groups -OCH3 is 4. The van der Waals surface area contributed by atoms with Crippen LogP contribution in [0.5, 0.6) is 11.5 Å². The SMILES string of the molecule is COc1ccc(N(CCS[C@@H]2C(=O)O[C@@]3(C)[C@H]2[C@@H](C)C(=O)[C@H](C)C[C@@](C)(OC)[C@H](O[C@@H]2O[C@H](C)C[C@@H](OC)[C@@H]2N(C)C)[C@@H](C)[C@H](O[C@H]2C[C@@](C)(OC)[C@@H](O)[C@H](C)O2)[C@@H](C)C(=O)O[C@@H]3C)Cc2c(Cl)cncc2Cl)cc1OC1CCCC1. The number of thioether (sulfide) groups is 1. The lowest BCUT2D eigenvalue weighted by Crippen LogP contribution is -2.62. The fourth-order valence-electron chi connectivity index (χ4n) is 13.3. The lowest BCUT2D eigenvalue weighted by Gasteiger charge is -2.50. The number of hydrogen-bond donors (Lipinski definition) is 1. The van der Waals surface area contributed by atoms with Crippen molar-refractivity contribution in [1.82, 2.24) is 9.88 Å². The molecule has 4 aliphatic heterocycles. The van der Waals surface area contributed by atoms with Gasteiger partial charge in [-0.3, -0.25) is 24.3 Å². The molecule has 0 amide bonds. The molecule has 5 fully saturated rings. The predicted octanol–water partition coefficient (Wildman–Crippen LogP) is 9.36. The van der Waals surface area contributed by atoms with Crippen LogP contribution in [0.4, 0.5) is 5.69 Å². The zero-order valence-electron chi connectivity index (χ0n) is 50.4. The number of carbonyl (C=O) groups excluding carboxylic acids is 3. The maximum Gasteiger partial charge on any atom is 0.320 e. The fraction of sp³-hybridized carbons (Fsp3) is 0.767. The second-order valence-electron chi connectivity index (χ2n) is 24.2. The number of aromatic nitrogens is 1. The molecule has 18 nitrogen and oxygen atoms in total. The van der Waals surface area contributed by atoms with Crippen molar-refractivity contribution in [3.05, 3.63) is 46.2 Å². The highest BCUT2D eigenvalue weighted by atomic mass is 35.5. The Morgan fingerprint density at radius 1 is 0.840 bits per heavy atom. The molecular formula is C60H91Cl2N3O15S. The number of rotatable bonds is 18. The molecule has 1 aromatic heterocycles. The van der Waals surface area contributed by atoms with E-state index >= 15 is 9.59 Å². The number of esters is 2. The van der Waals surface area contributed by atoms with E-state index in [0.29, 0.717) is 52.4 Å². The summed E-state index contributed by atoms with van der Waals surface area (Å²) in [7, 11) is 10.3. The lowest BCUT2D eigenvalue weighted by atomic mass is 9.70. The fourth-order valence-corrected chi connectivity index (χ4v) is 15.3. The first-order chi connectivity index (χ1) is 38.2. The van der Waals surface area contributed by atoms with Gasteiger partial charge in [-0.1, -0.05) is 44.0 Å². The topological polar surface area (TPSA) is 192 Å². The first kappa shape index (κ1) is 65.5. The number of ketones is 1. The van der Waals surface area contributed by atoms with Crippen molar-refractivity contribution in [2.75, 3.05) is 59.7 Å². The summed E-state index contributed by atoms with van der Waals surface area (Å²) in [4.78, 5) is 53.6. The molecule has 0 unspecified atom stereocenters. The number of anilines is 1. The molecule has 2 aromatic rings. The zero-order valence-corrected chi connectivity index (χ0v) is 52.8. The average Bonchev–Trinajstić information content (AvgIpc) is 4.30. The zero-order chi connectivity index (χ0) is 59.5. The van der Waals surface area contributed by atoms with Crippen LogP contribution in [0.3, 0.4) is 0 Å². The lowest BCUT2D eigenvalue weighted by molar-refractivity contribution is -0.316. The number of aliphatic hydroxyl groups excluding tert-OH is 1. The Hall–Kier alpha value is -3.05. The maximum absolute atomic E-state index is 15.5. The van der Waals surface area contributed by atoms with Gasteiger partial charge in [0, 0.05) is 106 Å². The van der Waals surface area contributed by atoms with Crippen LogP contribution in [0, 0.1) is 29.6 Å². The van der Waals surface area contributed by atoms with Gasteiger partial charge >= 0.3 is 11.9 Å². The van der Waals surface area contributed by atoms with E-state index in [2.05, 4.69) is 9.88 Å². The van der Waals surface area contributed by atoms with Gasteiger partial charge < -0.3 is 62.1 Å². The van der Waals surface area contributed by atoms with E-state index in [-0.39, 0.29) is 43.0 Å². The molecule has 1 aromatic carbocycles. The van der Waals surface area contributed by atoms with Crippen LogP contribution in [0.2, 0.25) is 10.0 Å². The highest BCUT2D eigenvalue weighted by Gasteiger charge is 2.61. The summed E-state index contributed by atoms with van der Waals surface area (Å²) in [5.41, 5.74) is -2.28. The van der Waals surface area contributed by atoms with E-state index < -0.39 is 107 Å². The standard InChI is InChI=1S/C60H91Cl2N3O15S/c1-32-27-59(9,73-16)54(79-57-49(64(11)12)46(71-14)25-33(2)74-57)35(4)51(78-47-28-58(8,72-15)53(67)37(6)75-47)36(5)55(68)76-38(7)60(10)48(34(3)50(32)66)52(56(69)80-60)81-24-23-65(31-41-42(61)29-63-30-43(41)62)39-21-22-44(70-13)45(26-39)77-40-19-17-18-20-40/h21-22,26,29-30,32-38,40,46-49,51-54,57,67H,17-20,23-25,27-28,31H2,1-16H3/t32-,33-,34-,35+,36-,37+,38-,46-,47+,48+,49+,51+,52+,53+,54-,57+,58-,59-,60-/m1/s1. The Morgan fingerprint density at radius 3 is 2.12 bits per heavy atom. The summed E-state index contributed by atoms with van der Waals surface area (Å²) in [6.45, 7) is 19.0. The average molecular weight is 1200 g/mol. The van der Waals surface area contributed by atoms with Crippen LogP contribution in [-0.4, -0.2) is 177 Å². The van der Waals surface area contributed by atoms with Crippen molar-refractivity contribution >= 4 is 58.4 Å². The van der Waals surface area contributed by atoms with Crippen LogP contribution in [0.25, 0.3) is 0 Å². The number of pyridine rings is 1. The summed E-state index contributed by atoms with van der Waals surface area (Å²) in [6.07, 6.45) is 1.27. The summed E-state index contributed by atoms with van der Waals surface area (Å²) in [5, 5.41) is 11.2. The molecule has 456 valence electrons. The van der Waals surface area contributed by atoms with E-state index in [1.165, 1.54) is 18.9 Å². The van der Waals surface area contributed by atoms with E-state index in [0.717, 1.165) is 31.4 Å². The van der Waals surface area contributed by atoms with Gasteiger partial charge in [0.15, 0.2) is 29.7 Å². The van der Waals surface area contributed by atoms with Gasteiger partial charge in [0.1, 0.15) is 23.2 Å². The van der Waals surface area contributed by atoms with Crippen LogP contribution in [0.15, 0.2) is 30.6 Å². The molecule has 1 N–H and O–H groups in total. The number of fused-ring (bicyclic) bond motifs is 1. The highest BCUT2D eigenvalue weighted by Crippen LogP contribution is 2.49. The second kappa shape index (κ2) is 27.5. The molecule has 5 heterocycles. The van der Waals surface area contributed by atoms with E-state index in [4.69, 9.17) is 75.3 Å². The number of halogens is 2. The summed E-state index contributed by atoms with van der Waals surface area (Å²) < 4.78 is 71.2. The number of cyclic esters (lactones) is 1. The predicted molar refractivity (Wildman–Crippen MR) is 310 cm³/mol. The Kier molecular flexibility index (Phi) is 22.3. The van der Waals surface area contributed by atoms with Crippen molar-refractivity contribution in [3.63, 3.8) is 0 Å². The Morgan fingerprint density at radius 2 is 1.51 bits per heavy atom.